The van der Waals surface area contributed by atoms with E-state index in [-0.39, 0.29) is 82.3 Å². The van der Waals surface area contributed by atoms with Crippen LogP contribution in [-0.4, -0.2) is 111 Å². The summed E-state index contributed by atoms with van der Waals surface area (Å²) in [6.07, 6.45) is 5.69. The van der Waals surface area contributed by atoms with Crippen LogP contribution in [0.2, 0.25) is 0 Å². The van der Waals surface area contributed by atoms with Gasteiger partial charge in [-0.25, -0.2) is 16.8 Å². The number of carbonyl (C=O) groups is 6. The number of sulfone groups is 2. The van der Waals surface area contributed by atoms with E-state index in [0.717, 1.165) is 124 Å². The maximum absolute atomic E-state index is 12.2. The maximum Gasteiger partial charge on any atom is 0.228 e. The van der Waals surface area contributed by atoms with Crippen LogP contribution >= 0.6 is 0 Å². The van der Waals surface area contributed by atoms with Crippen LogP contribution in [0.1, 0.15) is 109 Å². The van der Waals surface area contributed by atoms with Gasteiger partial charge in [-0.05, 0) is 154 Å². The minimum atomic E-state index is -3.27. The number of benzene rings is 10. The number of ether oxygens (including phenoxy) is 1. The van der Waals surface area contributed by atoms with Gasteiger partial charge in [0.05, 0.1) is 97.7 Å². The molecule has 6 amide bonds. The van der Waals surface area contributed by atoms with E-state index in [0.29, 0.717) is 61.4 Å². The third-order valence-corrected chi connectivity index (χ3v) is 24.0. The van der Waals surface area contributed by atoms with E-state index in [9.17, 15) is 45.6 Å². The lowest BCUT2D eigenvalue weighted by Gasteiger charge is -2.18. The number of methoxy groups -OCH3 is 1. The van der Waals surface area contributed by atoms with E-state index in [4.69, 9.17) is 4.74 Å². The summed E-state index contributed by atoms with van der Waals surface area (Å²) in [6, 6.07) is 67.8. The van der Waals surface area contributed by atoms with Gasteiger partial charge in [-0.2, -0.15) is 5.10 Å². The molecular weight excluding hydrogens is 1540 g/mol. The zero-order chi connectivity index (χ0) is 84.4. The molecule has 0 radical (unpaired) electrons. The third-order valence-electron chi connectivity index (χ3n) is 21.1. The lowest BCUT2D eigenvalue weighted by atomic mass is 9.99. The van der Waals surface area contributed by atoms with Crippen LogP contribution < -0.4 is 58.5 Å². The number of hydrogen-bond acceptors (Lipinski definition) is 17. The van der Waals surface area contributed by atoms with Crippen LogP contribution in [-0.2, 0) is 66.2 Å². The Labute approximate surface area is 694 Å². The summed E-state index contributed by atoms with van der Waals surface area (Å²) in [5, 5.41) is 39.4. The van der Waals surface area contributed by atoms with Crippen LogP contribution in [0, 0.1) is 6.92 Å². The molecule has 10 aromatic carbocycles. The van der Waals surface area contributed by atoms with Crippen LogP contribution in [0.15, 0.2) is 228 Å². The van der Waals surface area contributed by atoms with Gasteiger partial charge in [0.1, 0.15) is 0 Å². The number of carbonyl (C=O) groups excluding carboxylic acids is 6. The Hall–Kier alpha value is -12.9. The molecule has 0 bridgehead atoms. The van der Waals surface area contributed by atoms with Gasteiger partial charge in [0.15, 0.2) is 19.7 Å². The van der Waals surface area contributed by atoms with E-state index < -0.39 is 19.7 Å². The second kappa shape index (κ2) is 36.7. The van der Waals surface area contributed by atoms with Gasteiger partial charge in [0.2, 0.25) is 35.4 Å². The van der Waals surface area contributed by atoms with Crippen molar-refractivity contribution in [1.82, 2.24) is 9.78 Å². The quantitative estimate of drug-likeness (QED) is 0.0541. The Bertz CT molecular complexity index is 5940. The Morgan fingerprint density at radius 1 is 0.403 bits per heavy atom. The first-order valence-corrected chi connectivity index (χ1v) is 43.3. The van der Waals surface area contributed by atoms with E-state index in [1.54, 1.807) is 50.4 Å². The first kappa shape index (κ1) is 84.0. The van der Waals surface area contributed by atoms with Crippen molar-refractivity contribution in [3.8, 4) is 55.6 Å². The molecule has 0 saturated carbocycles. The van der Waals surface area contributed by atoms with Gasteiger partial charge < -0.3 is 63.2 Å². The van der Waals surface area contributed by atoms with Crippen molar-refractivity contribution in [3.05, 3.63) is 241 Å². The van der Waals surface area contributed by atoms with Crippen molar-refractivity contribution in [2.24, 2.45) is 0 Å². The molecule has 7 heterocycles. The summed E-state index contributed by atoms with van der Waals surface area (Å²) in [5.74, 6) is 0.124. The molecule has 1 aromatic heterocycles. The molecule has 1 unspecified atom stereocenters. The van der Waals surface area contributed by atoms with E-state index in [1.165, 1.54) is 11.8 Å². The zero-order valence-corrected chi connectivity index (χ0v) is 69.7. The highest BCUT2D eigenvalue weighted by Gasteiger charge is 2.29. The molecule has 0 fully saturated rings. The average Bonchev–Trinajstić information content (AvgIpc) is 1.72. The largest absolute Gasteiger partial charge is 0.380 e. The minimum absolute atomic E-state index is 0.00418. The lowest BCUT2D eigenvalue weighted by Crippen LogP contribution is -2.19. The molecule has 26 heteroatoms. The number of fused-ring (bicyclic) bond motifs is 6. The number of nitrogens with one attached hydrogen (secondary N) is 11. The molecule has 0 spiro atoms. The minimum Gasteiger partial charge on any atom is -0.380 e. The van der Waals surface area contributed by atoms with Crippen LogP contribution in [0.5, 0.6) is 0 Å². The van der Waals surface area contributed by atoms with Gasteiger partial charge in [0, 0.05) is 120 Å². The summed E-state index contributed by atoms with van der Waals surface area (Å²) >= 11 is 0. The average molecular weight is 1640 g/mol. The molecule has 6 aliphatic heterocycles. The van der Waals surface area contributed by atoms with Crippen molar-refractivity contribution in [2.45, 2.75) is 147 Å². The van der Waals surface area contributed by atoms with Crippen molar-refractivity contribution in [1.29, 1.82) is 0 Å². The molecule has 11 N–H and O–H groups in total. The van der Waals surface area contributed by atoms with Gasteiger partial charge in [0.25, 0.3) is 0 Å². The maximum atomic E-state index is 12.2. The predicted octanol–water partition coefficient (Wildman–Crippen LogP) is 17.4. The number of hydrogen-bond donors (Lipinski definition) is 11. The first-order chi connectivity index (χ1) is 57.1. The summed E-state index contributed by atoms with van der Waals surface area (Å²) < 4.78 is 55.1. The van der Waals surface area contributed by atoms with Gasteiger partial charge >= 0.3 is 0 Å². The molecule has 614 valence electrons. The Kier molecular flexibility index (Phi) is 25.9. The van der Waals surface area contributed by atoms with Crippen molar-refractivity contribution < 1.29 is 50.3 Å². The molecule has 6 aliphatic rings. The third kappa shape index (κ3) is 20.2. The lowest BCUT2D eigenvalue weighted by molar-refractivity contribution is -0.117. The van der Waals surface area contributed by atoms with Gasteiger partial charge in [-0.1, -0.05) is 153 Å². The highest BCUT2D eigenvalue weighted by atomic mass is 32.2. The van der Waals surface area contributed by atoms with Crippen LogP contribution in [0.3, 0.4) is 0 Å². The van der Waals surface area contributed by atoms with Crippen LogP contribution in [0.25, 0.3) is 55.6 Å². The number of aromatic nitrogens is 2. The molecule has 24 nitrogen and oxygen atoms in total. The van der Waals surface area contributed by atoms with Crippen LogP contribution in [0.4, 0.5) is 62.6 Å². The number of anilines is 11. The zero-order valence-electron chi connectivity index (χ0n) is 68.1. The highest BCUT2D eigenvalue weighted by Crippen LogP contribution is 2.44. The monoisotopic (exact) mass is 1640 g/mol. The fourth-order valence-electron chi connectivity index (χ4n) is 15.4. The summed E-state index contributed by atoms with van der Waals surface area (Å²) in [7, 11) is -4.84. The Balaban J connectivity index is 0.000000129. The first-order valence-electron chi connectivity index (χ1n) is 39.8. The van der Waals surface area contributed by atoms with E-state index in [1.807, 2.05) is 168 Å². The second-order valence-corrected chi connectivity index (χ2v) is 35.1. The molecule has 11 aromatic rings. The normalized spacial score (nSPS) is 17.7. The molecule has 119 heavy (non-hydrogen) atoms. The molecule has 0 aliphatic carbocycles. The Morgan fingerprint density at radius 2 is 0.765 bits per heavy atom. The van der Waals surface area contributed by atoms with Crippen molar-refractivity contribution in [3.63, 3.8) is 0 Å². The number of amides is 6. The smallest absolute Gasteiger partial charge is 0.228 e. The molecule has 17 rings (SSSR count). The predicted molar refractivity (Wildman–Crippen MR) is 476 cm³/mol. The summed E-state index contributed by atoms with van der Waals surface area (Å²) in [5.41, 5.74) is 23.4. The standard InChI is InChI=1S/C22H24N4O.C18H17N3O2.C18H20N2O3S.C18H20N2O2.C17H18N2O3S/c1-14-12-21(27)25-20-11-7-10-18(22(20)24-14)19-13-23-26(16(19)3)15(2)17-8-5-4-6-9-17;1-10-7-16(22)20-14-4-2-3-13(18(14)19-10)11-5-6-12-9-17(23)21-15(12)8-11;1-3-24(22,23)14-7-4-6-13(11-14)15-8-5-9-16-18(15)19-12(2)10-17(21)20-16;1-12-9-17(21)20-16-8-4-7-15(18(16)19-12)14-6-3-5-13(10-14)11-22-2;1-11-9-16(20)19-15-8-4-7-14(17(15)18-11)12-5-3-6-13(10-12)23(2,21)22/h4-11,13-15,24H,12H2,1-3H3,(H,25,27);2-6,8,10,19H,7,9H2,1H3,(H,20,22)(H,21,23);4-9,11-12,19H,3,10H2,1-2H3,(H,20,21);3-8,10,12,19H,9,11H2,1-2H3,(H,20,21);3-8,10-11,18H,9H2,1-2H3,(H,19,20)/t14-,15?;10-;2*12-;11-/m11111/s1. The highest BCUT2D eigenvalue weighted by molar-refractivity contribution is 7.91. The number of para-hydroxylation sites is 5. The molecule has 0 saturated heterocycles. The Morgan fingerprint density at radius 3 is 1.18 bits per heavy atom. The van der Waals surface area contributed by atoms with Crippen molar-refractivity contribution in [2.75, 3.05) is 77.6 Å². The number of rotatable bonds is 12. The molecular formula is C93H99N13O11S2. The summed E-state index contributed by atoms with van der Waals surface area (Å²) in [6.45, 7) is 16.4. The van der Waals surface area contributed by atoms with E-state index in [2.05, 4.69) is 131 Å². The summed E-state index contributed by atoms with van der Waals surface area (Å²) in [4.78, 5) is 71.7. The van der Waals surface area contributed by atoms with Gasteiger partial charge in [-0.15, -0.1) is 0 Å². The van der Waals surface area contributed by atoms with Crippen molar-refractivity contribution >= 4 is 118 Å². The fourth-order valence-corrected chi connectivity index (χ4v) is 17.0. The SMILES string of the molecule is CCS(=O)(=O)c1cccc(-c2cccc3c2N[C@H](C)CC(=O)N3)c1.COCc1cccc(-c2cccc3c2N[C@H](C)CC(=O)N3)c1.C[C@@H]1CC(=O)Nc2cccc(-c3ccc4c(c3)NC(=O)C4)c2N1.C[C@@H]1CC(=O)Nc2cccc(-c3cccc(S(C)(=O)=O)c3)c2N1.Cc1c(-c2cccc3c2N[C@H](C)CC(=O)N3)cnn1C(C)c1ccccc1. The number of nitrogens with zero attached hydrogens (tertiary/aromatic N) is 2. The fraction of sp³-hybridized carbons (Fsp3) is 0.258. The van der Waals surface area contributed by atoms with E-state index >= 15 is 0 Å². The second-order valence-electron chi connectivity index (χ2n) is 30.8. The molecule has 6 atom stereocenters. The van der Waals surface area contributed by atoms with Gasteiger partial charge in [-0.3, -0.25) is 33.4 Å². The topological polar surface area (TPSA) is 330 Å².